The zero-order valence-electron chi connectivity index (χ0n) is 18.2. The number of carbonyl (C=O) groups is 1. The number of carbonyl (C=O) groups excluding carboxylic acids is 1. The summed E-state index contributed by atoms with van der Waals surface area (Å²) in [7, 11) is 1.57. The Bertz CT molecular complexity index is 746. The van der Waals surface area contributed by atoms with E-state index in [1.54, 1.807) is 19.3 Å². The van der Waals surface area contributed by atoms with Crippen LogP contribution >= 0.6 is 0 Å². The summed E-state index contributed by atoms with van der Waals surface area (Å²) in [5.74, 6) is -0.411. The fraction of sp³-hybridized carbons (Fsp3) is 0.625. The highest BCUT2D eigenvalue weighted by molar-refractivity contribution is 5.82. The molecule has 0 bridgehead atoms. The first-order chi connectivity index (χ1) is 13.7. The summed E-state index contributed by atoms with van der Waals surface area (Å²) in [5, 5.41) is 11.7. The number of fused-ring (bicyclic) bond motifs is 3. The molecule has 1 saturated carbocycles. The number of rotatable bonds is 5. The summed E-state index contributed by atoms with van der Waals surface area (Å²) >= 11 is 0. The van der Waals surface area contributed by atoms with Crippen LogP contribution in [0.15, 0.2) is 48.1 Å². The van der Waals surface area contributed by atoms with Crippen molar-refractivity contribution in [3.05, 3.63) is 48.1 Å². The second-order valence-corrected chi connectivity index (χ2v) is 9.27. The molecule has 2 fully saturated rings. The van der Waals surface area contributed by atoms with Gasteiger partial charge in [0.2, 0.25) is 0 Å². The summed E-state index contributed by atoms with van der Waals surface area (Å²) in [6, 6.07) is 0. The SMILES string of the molecule is C/C=C/C=C/C=C/C(=O)OC1C=C2[C@@H](OC)OC[C@]2(O)[C@@]2(C)CCCC(C)(C)[C@H]12. The van der Waals surface area contributed by atoms with Crippen LogP contribution in [-0.2, 0) is 19.0 Å². The van der Waals surface area contributed by atoms with Crippen molar-refractivity contribution in [2.45, 2.75) is 65.0 Å². The van der Waals surface area contributed by atoms with Gasteiger partial charge in [-0.25, -0.2) is 4.79 Å². The Morgan fingerprint density at radius 3 is 2.62 bits per heavy atom. The van der Waals surface area contributed by atoms with Gasteiger partial charge in [-0.3, -0.25) is 0 Å². The maximum Gasteiger partial charge on any atom is 0.331 e. The van der Waals surface area contributed by atoms with Crippen molar-refractivity contribution in [3.63, 3.8) is 0 Å². The molecule has 29 heavy (non-hydrogen) atoms. The molecule has 1 heterocycles. The molecular weight excluding hydrogens is 368 g/mol. The molecule has 1 N–H and O–H groups in total. The highest BCUT2D eigenvalue weighted by Gasteiger charge is 2.67. The van der Waals surface area contributed by atoms with E-state index in [4.69, 9.17) is 14.2 Å². The normalized spacial score (nSPS) is 39.0. The van der Waals surface area contributed by atoms with Gasteiger partial charge in [-0.1, -0.05) is 57.6 Å². The first-order valence-corrected chi connectivity index (χ1v) is 10.5. The number of hydrogen-bond donors (Lipinski definition) is 1. The van der Waals surface area contributed by atoms with Gasteiger partial charge in [0, 0.05) is 30.1 Å². The van der Waals surface area contributed by atoms with Crippen LogP contribution in [0.4, 0.5) is 0 Å². The van der Waals surface area contributed by atoms with Crippen molar-refractivity contribution >= 4 is 5.97 Å². The van der Waals surface area contributed by atoms with Gasteiger partial charge in [-0.15, -0.1) is 0 Å². The highest BCUT2D eigenvalue weighted by atomic mass is 16.7. The Morgan fingerprint density at radius 2 is 1.93 bits per heavy atom. The van der Waals surface area contributed by atoms with Crippen molar-refractivity contribution in [1.82, 2.24) is 0 Å². The average molecular weight is 403 g/mol. The summed E-state index contributed by atoms with van der Waals surface area (Å²) in [6.07, 6.45) is 14.3. The largest absolute Gasteiger partial charge is 0.455 e. The molecule has 5 atom stereocenters. The lowest BCUT2D eigenvalue weighted by Crippen LogP contribution is -2.64. The fourth-order valence-electron chi connectivity index (χ4n) is 5.75. The van der Waals surface area contributed by atoms with E-state index >= 15 is 0 Å². The third-order valence-corrected chi connectivity index (χ3v) is 7.06. The van der Waals surface area contributed by atoms with E-state index in [0.29, 0.717) is 5.57 Å². The second kappa shape index (κ2) is 8.21. The standard InChI is InChI=1S/C24H34O5/c1-6-7-8-9-10-12-19(25)29-18-15-17-21(27-5)28-16-24(17,26)23(4)14-11-13-22(2,3)20(18)23/h6-10,12,15,18,20-21,26H,11,13-14,16H2,1-5H3/b7-6+,9-8+,12-10+/t18?,20-,21-,23-,24+/m0/s1. The van der Waals surface area contributed by atoms with E-state index in [1.807, 2.05) is 31.2 Å². The minimum Gasteiger partial charge on any atom is -0.455 e. The Balaban J connectivity index is 1.95. The average Bonchev–Trinajstić information content (AvgIpc) is 2.98. The van der Waals surface area contributed by atoms with Crippen molar-refractivity contribution in [2.75, 3.05) is 13.7 Å². The van der Waals surface area contributed by atoms with E-state index in [0.717, 1.165) is 19.3 Å². The molecule has 160 valence electrons. The fourth-order valence-corrected chi connectivity index (χ4v) is 5.75. The van der Waals surface area contributed by atoms with Crippen molar-refractivity contribution in [1.29, 1.82) is 0 Å². The summed E-state index contributed by atoms with van der Waals surface area (Å²) in [5.41, 5.74) is -0.973. The maximum atomic E-state index is 12.5. The quantitative estimate of drug-likeness (QED) is 0.325. The van der Waals surface area contributed by atoms with E-state index in [9.17, 15) is 9.90 Å². The molecule has 3 aliphatic rings. The molecule has 5 nitrogen and oxygen atoms in total. The monoisotopic (exact) mass is 402 g/mol. The van der Waals surface area contributed by atoms with E-state index in [2.05, 4.69) is 20.8 Å². The number of allylic oxidation sites excluding steroid dienone is 5. The van der Waals surface area contributed by atoms with Crippen molar-refractivity contribution in [3.8, 4) is 0 Å². The van der Waals surface area contributed by atoms with Crippen LogP contribution in [0.25, 0.3) is 0 Å². The van der Waals surface area contributed by atoms with Gasteiger partial charge in [-0.05, 0) is 31.3 Å². The molecule has 1 aliphatic heterocycles. The predicted octanol–water partition coefficient (Wildman–Crippen LogP) is 4.09. The van der Waals surface area contributed by atoms with Gasteiger partial charge in [-0.2, -0.15) is 0 Å². The molecule has 0 aromatic rings. The van der Waals surface area contributed by atoms with Gasteiger partial charge in [0.1, 0.15) is 11.7 Å². The molecular formula is C24H34O5. The second-order valence-electron chi connectivity index (χ2n) is 9.27. The molecule has 0 aromatic heterocycles. The van der Waals surface area contributed by atoms with Crippen LogP contribution in [0.3, 0.4) is 0 Å². The molecule has 0 amide bonds. The Labute approximate surface area is 174 Å². The first-order valence-electron chi connectivity index (χ1n) is 10.5. The van der Waals surface area contributed by atoms with Crippen LogP contribution in [0.5, 0.6) is 0 Å². The van der Waals surface area contributed by atoms with E-state index in [1.165, 1.54) is 6.08 Å². The summed E-state index contributed by atoms with van der Waals surface area (Å²) in [4.78, 5) is 12.5. The Kier molecular flexibility index (Phi) is 6.23. The number of methoxy groups -OCH3 is 1. The molecule has 0 spiro atoms. The zero-order chi connectivity index (χ0) is 21.3. The van der Waals surface area contributed by atoms with Crippen molar-refractivity contribution < 1.29 is 24.1 Å². The van der Waals surface area contributed by atoms with Gasteiger partial charge in [0.25, 0.3) is 0 Å². The first kappa shape index (κ1) is 22.0. The van der Waals surface area contributed by atoms with Gasteiger partial charge >= 0.3 is 5.97 Å². The third kappa shape index (κ3) is 3.76. The van der Waals surface area contributed by atoms with Crippen LogP contribution in [-0.4, -0.2) is 42.8 Å². The minimum atomic E-state index is -1.11. The van der Waals surface area contributed by atoms with Gasteiger partial charge in [0.15, 0.2) is 6.29 Å². The Hall–Kier alpha value is -1.69. The molecule has 1 saturated heterocycles. The lowest BCUT2D eigenvalue weighted by molar-refractivity contribution is -0.186. The van der Waals surface area contributed by atoms with E-state index in [-0.39, 0.29) is 23.9 Å². The van der Waals surface area contributed by atoms with Crippen LogP contribution in [0, 0.1) is 16.7 Å². The number of hydrogen-bond acceptors (Lipinski definition) is 5. The van der Waals surface area contributed by atoms with Crippen LogP contribution in [0.1, 0.15) is 47.0 Å². The zero-order valence-corrected chi connectivity index (χ0v) is 18.2. The Morgan fingerprint density at radius 1 is 1.21 bits per heavy atom. The van der Waals surface area contributed by atoms with Gasteiger partial charge in [0.05, 0.1) is 6.61 Å². The lowest BCUT2D eigenvalue weighted by atomic mass is 9.46. The van der Waals surface area contributed by atoms with Crippen LogP contribution in [0.2, 0.25) is 0 Å². The van der Waals surface area contributed by atoms with Crippen molar-refractivity contribution in [2.24, 2.45) is 16.7 Å². The highest BCUT2D eigenvalue weighted by Crippen LogP contribution is 2.63. The van der Waals surface area contributed by atoms with Crippen LogP contribution < -0.4 is 0 Å². The smallest absolute Gasteiger partial charge is 0.331 e. The maximum absolute atomic E-state index is 12.5. The third-order valence-electron chi connectivity index (χ3n) is 7.06. The molecule has 2 aliphatic carbocycles. The lowest BCUT2D eigenvalue weighted by Gasteiger charge is -2.60. The topological polar surface area (TPSA) is 65.0 Å². The number of esters is 1. The molecule has 3 rings (SSSR count). The summed E-state index contributed by atoms with van der Waals surface area (Å²) < 4.78 is 17.2. The van der Waals surface area contributed by atoms with E-state index < -0.39 is 23.4 Å². The molecule has 1 unspecified atom stereocenters. The summed E-state index contributed by atoms with van der Waals surface area (Å²) in [6.45, 7) is 8.66. The molecule has 5 heteroatoms. The molecule has 0 radical (unpaired) electrons. The minimum absolute atomic E-state index is 0.0207. The van der Waals surface area contributed by atoms with Gasteiger partial charge < -0.3 is 19.3 Å². The number of aliphatic hydroxyl groups is 1. The number of ether oxygens (including phenoxy) is 3. The molecule has 0 aromatic carbocycles. The predicted molar refractivity (Wildman–Crippen MR) is 112 cm³/mol.